The van der Waals surface area contributed by atoms with Gasteiger partial charge in [0.15, 0.2) is 0 Å². The summed E-state index contributed by atoms with van der Waals surface area (Å²) in [6.45, 7) is 0. The Morgan fingerprint density at radius 1 is 0.688 bits per heavy atom. The molecule has 0 radical (unpaired) electrons. The maximum absolute atomic E-state index is 11.1. The first-order valence-electron chi connectivity index (χ1n) is 4.27. The van der Waals surface area contributed by atoms with E-state index in [0.717, 1.165) is 0 Å². The van der Waals surface area contributed by atoms with Gasteiger partial charge >= 0.3 is 11.9 Å². The van der Waals surface area contributed by atoms with Gasteiger partial charge in [-0.15, -0.1) is 0 Å². The van der Waals surface area contributed by atoms with E-state index in [9.17, 15) is 9.59 Å². The van der Waals surface area contributed by atoms with Crippen molar-refractivity contribution in [1.29, 1.82) is 0 Å². The highest BCUT2D eigenvalue weighted by molar-refractivity contribution is 5.88. The van der Waals surface area contributed by atoms with Gasteiger partial charge in [-0.1, -0.05) is 0 Å². The Labute approximate surface area is 93.4 Å². The quantitative estimate of drug-likeness (QED) is 0.294. The maximum atomic E-state index is 11.1. The first-order valence-corrected chi connectivity index (χ1v) is 4.27. The molecule has 0 aromatic rings. The lowest BCUT2D eigenvalue weighted by Gasteiger charge is -2.03. The molecule has 90 valence electrons. The van der Waals surface area contributed by atoms with Crippen molar-refractivity contribution in [2.75, 3.05) is 28.4 Å². The lowest BCUT2D eigenvalue weighted by Crippen LogP contribution is -2.08. The van der Waals surface area contributed by atoms with Gasteiger partial charge in [-0.25, -0.2) is 9.59 Å². The summed E-state index contributed by atoms with van der Waals surface area (Å²) in [6.07, 6.45) is 2.50. The van der Waals surface area contributed by atoms with Gasteiger partial charge in [-0.3, -0.25) is 0 Å². The largest absolute Gasteiger partial charge is 0.490 e. The molecule has 0 aromatic heterocycles. The van der Waals surface area contributed by atoms with Gasteiger partial charge in [0.25, 0.3) is 0 Å². The van der Waals surface area contributed by atoms with Gasteiger partial charge in [0, 0.05) is 0 Å². The zero-order valence-electron chi connectivity index (χ0n) is 9.60. The Balaban J connectivity index is 4.90. The molecule has 6 nitrogen and oxygen atoms in total. The second-order valence-electron chi connectivity index (χ2n) is 2.45. The summed E-state index contributed by atoms with van der Waals surface area (Å²) >= 11 is 0. The van der Waals surface area contributed by atoms with Crippen LogP contribution in [0.25, 0.3) is 0 Å². The summed E-state index contributed by atoms with van der Waals surface area (Å²) < 4.78 is 18.4. The molecule has 16 heavy (non-hydrogen) atoms. The van der Waals surface area contributed by atoms with E-state index in [1.54, 1.807) is 0 Å². The van der Waals surface area contributed by atoms with Crippen LogP contribution in [0.15, 0.2) is 23.7 Å². The Bertz CT molecular complexity index is 283. The molecule has 0 spiro atoms. The van der Waals surface area contributed by atoms with Crippen LogP contribution in [0.1, 0.15) is 0 Å². The molecule has 0 aliphatic rings. The molecule has 6 heteroatoms. The van der Waals surface area contributed by atoms with Crippen molar-refractivity contribution < 1.29 is 28.5 Å². The van der Waals surface area contributed by atoms with Gasteiger partial charge in [0.2, 0.25) is 11.5 Å². The molecule has 0 aliphatic carbocycles. The fraction of sp³-hybridized carbons (Fsp3) is 0.400. The zero-order chi connectivity index (χ0) is 12.6. The summed E-state index contributed by atoms with van der Waals surface area (Å²) in [7, 11) is 5.05. The summed E-state index contributed by atoms with van der Waals surface area (Å²) in [5.74, 6) is -1.42. The van der Waals surface area contributed by atoms with E-state index < -0.39 is 11.9 Å². The van der Waals surface area contributed by atoms with Crippen LogP contribution in [-0.4, -0.2) is 40.4 Å². The molecule has 0 bridgehead atoms. The molecule has 0 unspecified atom stereocenters. The molecule has 0 saturated carbocycles. The van der Waals surface area contributed by atoms with Gasteiger partial charge in [0.1, 0.15) is 0 Å². The Kier molecular flexibility index (Phi) is 6.42. The van der Waals surface area contributed by atoms with Crippen LogP contribution >= 0.6 is 0 Å². The molecule has 0 atom stereocenters. The van der Waals surface area contributed by atoms with Gasteiger partial charge in [0.05, 0.1) is 28.4 Å². The molecular formula is C10H14O6. The second-order valence-corrected chi connectivity index (χ2v) is 2.45. The molecular weight excluding hydrogens is 216 g/mol. The summed E-state index contributed by atoms with van der Waals surface area (Å²) in [5, 5.41) is 0. The van der Waals surface area contributed by atoms with E-state index in [4.69, 9.17) is 9.47 Å². The number of methoxy groups -OCH3 is 4. The van der Waals surface area contributed by atoms with E-state index in [1.807, 2.05) is 0 Å². The third-order valence-corrected chi connectivity index (χ3v) is 1.60. The molecule has 0 N–H and O–H groups in total. The van der Waals surface area contributed by atoms with E-state index in [0.29, 0.717) is 0 Å². The smallest absolute Gasteiger partial charge is 0.373 e. The lowest BCUT2D eigenvalue weighted by atomic mass is 10.3. The maximum Gasteiger partial charge on any atom is 0.373 e. The minimum Gasteiger partial charge on any atom is -0.490 e. The first-order chi connectivity index (χ1) is 7.60. The lowest BCUT2D eigenvalue weighted by molar-refractivity contribution is -0.140. The van der Waals surface area contributed by atoms with Gasteiger partial charge in [-0.2, -0.15) is 0 Å². The highest BCUT2D eigenvalue weighted by atomic mass is 16.6. The minimum absolute atomic E-state index is 0.0547. The molecule has 0 fully saturated rings. The predicted octanol–water partition coefficient (Wildman–Crippen LogP) is 0.393. The van der Waals surface area contributed by atoms with Crippen molar-refractivity contribution in [2.45, 2.75) is 0 Å². The van der Waals surface area contributed by atoms with Crippen LogP contribution in [0.2, 0.25) is 0 Å². The second kappa shape index (κ2) is 7.33. The SMILES string of the molecule is COC(=O)C(=CC=C(OC)C(=O)OC)OC. The summed E-state index contributed by atoms with van der Waals surface area (Å²) in [4.78, 5) is 22.2. The van der Waals surface area contributed by atoms with Crippen LogP contribution in [0, 0.1) is 0 Å². The highest BCUT2D eigenvalue weighted by Gasteiger charge is 2.11. The minimum atomic E-state index is -0.654. The van der Waals surface area contributed by atoms with Crippen LogP contribution < -0.4 is 0 Å². The number of hydrogen-bond acceptors (Lipinski definition) is 6. The number of ether oxygens (including phenoxy) is 4. The third-order valence-electron chi connectivity index (χ3n) is 1.60. The van der Waals surface area contributed by atoms with Crippen molar-refractivity contribution >= 4 is 11.9 Å². The third kappa shape index (κ3) is 4.04. The van der Waals surface area contributed by atoms with Crippen molar-refractivity contribution in [1.82, 2.24) is 0 Å². The molecule has 0 saturated heterocycles. The van der Waals surface area contributed by atoms with Gasteiger partial charge < -0.3 is 18.9 Å². The Morgan fingerprint density at radius 2 is 1.00 bits per heavy atom. The van der Waals surface area contributed by atoms with Crippen LogP contribution in [0.5, 0.6) is 0 Å². The number of carbonyl (C=O) groups excluding carboxylic acids is 2. The van der Waals surface area contributed by atoms with Crippen LogP contribution in [0.4, 0.5) is 0 Å². The molecule has 0 rings (SSSR count). The van der Waals surface area contributed by atoms with E-state index in [-0.39, 0.29) is 11.5 Å². The predicted molar refractivity (Wildman–Crippen MR) is 54.2 cm³/mol. The van der Waals surface area contributed by atoms with Crippen molar-refractivity contribution in [3.63, 3.8) is 0 Å². The van der Waals surface area contributed by atoms with Crippen LogP contribution in [0.3, 0.4) is 0 Å². The van der Waals surface area contributed by atoms with E-state index in [1.165, 1.54) is 40.6 Å². The number of rotatable bonds is 5. The molecule has 0 amide bonds. The first kappa shape index (κ1) is 14.0. The summed E-state index contributed by atoms with van der Waals surface area (Å²) in [6, 6.07) is 0. The van der Waals surface area contributed by atoms with Crippen molar-refractivity contribution in [3.05, 3.63) is 23.7 Å². The monoisotopic (exact) mass is 230 g/mol. The van der Waals surface area contributed by atoms with E-state index >= 15 is 0 Å². The summed E-state index contributed by atoms with van der Waals surface area (Å²) in [5.41, 5.74) is 0. The standard InChI is InChI=1S/C10H14O6/c1-13-7(9(11)15-3)5-6-8(14-2)10(12)16-4/h5-6H,1-4H3. The topological polar surface area (TPSA) is 71.1 Å². The van der Waals surface area contributed by atoms with Crippen molar-refractivity contribution in [2.24, 2.45) is 0 Å². The fourth-order valence-corrected chi connectivity index (χ4v) is 0.791. The highest BCUT2D eigenvalue weighted by Crippen LogP contribution is 2.03. The van der Waals surface area contributed by atoms with E-state index in [2.05, 4.69) is 9.47 Å². The number of allylic oxidation sites excluding steroid dienone is 2. The number of esters is 2. The van der Waals surface area contributed by atoms with Crippen LogP contribution in [-0.2, 0) is 28.5 Å². The van der Waals surface area contributed by atoms with Gasteiger partial charge in [-0.05, 0) is 12.2 Å². The molecule has 0 heterocycles. The number of carbonyl (C=O) groups is 2. The molecule has 0 aromatic carbocycles. The average Bonchev–Trinajstić information content (AvgIpc) is 2.33. The fourth-order valence-electron chi connectivity index (χ4n) is 0.791. The van der Waals surface area contributed by atoms with Crippen molar-refractivity contribution in [3.8, 4) is 0 Å². The Morgan fingerprint density at radius 3 is 1.19 bits per heavy atom. The zero-order valence-corrected chi connectivity index (χ0v) is 9.60. The number of hydrogen-bond donors (Lipinski definition) is 0. The molecule has 0 aliphatic heterocycles. The normalized spacial score (nSPS) is 11.8. The average molecular weight is 230 g/mol. The Hall–Kier alpha value is -1.98.